The first-order valence-corrected chi connectivity index (χ1v) is 8.23. The fourth-order valence-electron chi connectivity index (χ4n) is 2.03. The maximum absolute atomic E-state index is 5.98. The van der Waals surface area contributed by atoms with Crippen LogP contribution in [0.15, 0.2) is 6.07 Å². The van der Waals surface area contributed by atoms with Crippen LogP contribution in [0.5, 0.6) is 0 Å². The molecule has 0 aliphatic heterocycles. The van der Waals surface area contributed by atoms with Gasteiger partial charge >= 0.3 is 0 Å². The number of halogens is 1. The van der Waals surface area contributed by atoms with Gasteiger partial charge in [-0.15, -0.1) is 11.3 Å². The van der Waals surface area contributed by atoms with Crippen molar-refractivity contribution in [1.29, 1.82) is 0 Å². The topological polar surface area (TPSA) is 47.0 Å². The Kier molecular flexibility index (Phi) is 4.38. The van der Waals surface area contributed by atoms with Crippen molar-refractivity contribution < 1.29 is 4.74 Å². The molecule has 2 aromatic rings. The summed E-state index contributed by atoms with van der Waals surface area (Å²) in [5, 5.41) is 4.66. The Morgan fingerprint density at radius 3 is 3.05 bits per heavy atom. The second-order valence-electron chi connectivity index (χ2n) is 5.07. The van der Waals surface area contributed by atoms with Crippen LogP contribution >= 0.6 is 22.9 Å². The summed E-state index contributed by atoms with van der Waals surface area (Å²) in [6.45, 7) is 4.47. The first-order valence-electron chi connectivity index (χ1n) is 7.04. The molecule has 0 unspecified atom stereocenters. The van der Waals surface area contributed by atoms with E-state index in [0.29, 0.717) is 11.9 Å². The quantitative estimate of drug-likeness (QED) is 0.625. The Morgan fingerprint density at radius 1 is 1.45 bits per heavy atom. The average Bonchev–Trinajstić information content (AvgIpc) is 3.16. The molecule has 0 aromatic carbocycles. The molecule has 0 radical (unpaired) electrons. The minimum Gasteiger partial charge on any atom is -0.379 e. The summed E-state index contributed by atoms with van der Waals surface area (Å²) in [5.41, 5.74) is 0. The number of nitrogens with zero attached hydrogens (tertiary/aromatic N) is 2. The number of anilines is 1. The van der Waals surface area contributed by atoms with Crippen LogP contribution in [0.3, 0.4) is 0 Å². The van der Waals surface area contributed by atoms with Crippen LogP contribution in [0, 0.1) is 5.92 Å². The largest absolute Gasteiger partial charge is 0.379 e. The van der Waals surface area contributed by atoms with Crippen molar-refractivity contribution in [2.24, 2.45) is 5.92 Å². The van der Waals surface area contributed by atoms with Crippen LogP contribution in [0.4, 0.5) is 5.82 Å². The van der Waals surface area contributed by atoms with Gasteiger partial charge in [0.1, 0.15) is 10.6 Å². The summed E-state index contributed by atoms with van der Waals surface area (Å²) in [5.74, 6) is 1.62. The van der Waals surface area contributed by atoms with Crippen molar-refractivity contribution >= 4 is 39.0 Å². The smallest absolute Gasteiger partial charge is 0.225 e. The van der Waals surface area contributed by atoms with Gasteiger partial charge in [-0.05, 0) is 42.8 Å². The molecule has 6 heteroatoms. The molecule has 0 spiro atoms. The third kappa shape index (κ3) is 3.40. The fourth-order valence-corrected chi connectivity index (χ4v) is 3.22. The van der Waals surface area contributed by atoms with Crippen LogP contribution in [-0.4, -0.2) is 29.7 Å². The lowest BCUT2D eigenvalue weighted by atomic mass is 10.3. The maximum atomic E-state index is 5.98. The second kappa shape index (κ2) is 6.24. The highest BCUT2D eigenvalue weighted by molar-refractivity contribution is 7.18. The van der Waals surface area contributed by atoms with Crippen molar-refractivity contribution in [1.82, 2.24) is 9.97 Å². The molecule has 108 valence electrons. The Bertz CT molecular complexity index is 597. The molecule has 1 saturated carbocycles. The number of nitrogens with one attached hydrogen (secondary N) is 1. The minimum atomic E-state index is 0.295. The maximum Gasteiger partial charge on any atom is 0.225 e. The van der Waals surface area contributed by atoms with E-state index >= 15 is 0 Å². The van der Waals surface area contributed by atoms with Crippen LogP contribution in [-0.2, 0) is 11.2 Å². The van der Waals surface area contributed by atoms with Crippen LogP contribution in [0.25, 0.3) is 10.2 Å². The molecular weight excluding hydrogens is 294 g/mol. The van der Waals surface area contributed by atoms with Crippen LogP contribution < -0.4 is 5.32 Å². The summed E-state index contributed by atoms with van der Waals surface area (Å²) in [4.78, 5) is 10.8. The van der Waals surface area contributed by atoms with E-state index in [1.54, 1.807) is 11.3 Å². The first kappa shape index (κ1) is 14.0. The zero-order chi connectivity index (χ0) is 13.9. The number of thiophene rings is 1. The predicted octanol–water partition coefficient (Wildman–Crippen LogP) is 3.75. The monoisotopic (exact) mass is 311 g/mol. The van der Waals surface area contributed by atoms with Gasteiger partial charge in [0.2, 0.25) is 5.28 Å². The van der Waals surface area contributed by atoms with Gasteiger partial charge < -0.3 is 10.1 Å². The third-order valence-electron chi connectivity index (χ3n) is 3.35. The van der Waals surface area contributed by atoms with E-state index < -0.39 is 0 Å². The normalized spacial score (nSPS) is 14.9. The number of fused-ring (bicyclic) bond motifs is 1. The van der Waals surface area contributed by atoms with Crippen molar-refractivity contribution in [3.8, 4) is 0 Å². The first-order chi connectivity index (χ1) is 9.76. The molecule has 4 nitrogen and oxygen atoms in total. The summed E-state index contributed by atoms with van der Waals surface area (Å²) in [7, 11) is 0. The van der Waals surface area contributed by atoms with Crippen LogP contribution in [0.2, 0.25) is 5.28 Å². The number of ether oxygens (including phenoxy) is 1. The van der Waals surface area contributed by atoms with Gasteiger partial charge in [-0.25, -0.2) is 9.97 Å². The number of aryl methyl sites for hydroxylation is 1. The lowest BCUT2D eigenvalue weighted by Gasteiger charge is -2.07. The Morgan fingerprint density at radius 2 is 2.30 bits per heavy atom. The van der Waals surface area contributed by atoms with Gasteiger partial charge in [0.25, 0.3) is 0 Å². The molecule has 1 aliphatic rings. The van der Waals surface area contributed by atoms with Crippen molar-refractivity contribution in [3.63, 3.8) is 0 Å². The molecule has 2 heterocycles. The number of rotatable bonds is 7. The lowest BCUT2D eigenvalue weighted by Crippen LogP contribution is -2.11. The summed E-state index contributed by atoms with van der Waals surface area (Å²) in [6, 6.07) is 2.14. The molecule has 3 rings (SSSR count). The molecule has 20 heavy (non-hydrogen) atoms. The molecular formula is C14H18ClN3OS. The summed E-state index contributed by atoms with van der Waals surface area (Å²) >= 11 is 7.65. The van der Waals surface area contributed by atoms with Gasteiger partial charge in [-0.1, -0.05) is 6.92 Å². The second-order valence-corrected chi connectivity index (χ2v) is 6.52. The van der Waals surface area contributed by atoms with E-state index in [1.165, 1.54) is 17.7 Å². The zero-order valence-corrected chi connectivity index (χ0v) is 13.1. The fraction of sp³-hybridized carbons (Fsp3) is 0.571. The molecule has 1 aliphatic carbocycles. The van der Waals surface area contributed by atoms with E-state index in [-0.39, 0.29) is 0 Å². The number of hydrogen-bond acceptors (Lipinski definition) is 5. The van der Waals surface area contributed by atoms with E-state index in [1.807, 2.05) is 0 Å². The number of hydrogen-bond donors (Lipinski definition) is 1. The number of aromatic nitrogens is 2. The highest BCUT2D eigenvalue weighted by Gasteiger charge is 2.20. The van der Waals surface area contributed by atoms with E-state index in [9.17, 15) is 0 Å². The van der Waals surface area contributed by atoms with Crippen LogP contribution in [0.1, 0.15) is 24.6 Å². The third-order valence-corrected chi connectivity index (χ3v) is 4.70. The molecule has 0 bridgehead atoms. The Balaban J connectivity index is 1.64. The predicted molar refractivity (Wildman–Crippen MR) is 83.8 cm³/mol. The van der Waals surface area contributed by atoms with Crippen molar-refractivity contribution in [3.05, 3.63) is 16.2 Å². The highest BCUT2D eigenvalue weighted by atomic mass is 35.5. The molecule has 0 amide bonds. The van der Waals surface area contributed by atoms with Gasteiger partial charge in [0, 0.05) is 18.0 Å². The zero-order valence-electron chi connectivity index (χ0n) is 11.5. The van der Waals surface area contributed by atoms with E-state index in [4.69, 9.17) is 16.3 Å². The minimum absolute atomic E-state index is 0.295. The Hall–Kier alpha value is -0.910. The molecule has 0 saturated heterocycles. The van der Waals surface area contributed by atoms with Gasteiger partial charge in [-0.3, -0.25) is 0 Å². The van der Waals surface area contributed by atoms with Crippen molar-refractivity contribution in [2.75, 3.05) is 25.1 Å². The Labute approximate surface area is 127 Å². The van der Waals surface area contributed by atoms with Gasteiger partial charge in [0.15, 0.2) is 0 Å². The molecule has 2 aromatic heterocycles. The van der Waals surface area contributed by atoms with Gasteiger partial charge in [-0.2, -0.15) is 0 Å². The van der Waals surface area contributed by atoms with E-state index in [2.05, 4.69) is 28.3 Å². The highest BCUT2D eigenvalue weighted by Crippen LogP contribution is 2.30. The standard InChI is InChI=1S/C14H18ClN3OS/c1-2-10-7-11-12(17-14(15)18-13(11)20-10)16-5-6-19-8-9-3-4-9/h7,9H,2-6,8H2,1H3,(H,16,17,18). The summed E-state index contributed by atoms with van der Waals surface area (Å²) < 4.78 is 5.61. The summed E-state index contributed by atoms with van der Waals surface area (Å²) in [6.07, 6.45) is 3.65. The SMILES string of the molecule is CCc1cc2c(NCCOCC3CC3)nc(Cl)nc2s1. The molecule has 1 N–H and O–H groups in total. The average molecular weight is 312 g/mol. The van der Waals surface area contributed by atoms with Crippen molar-refractivity contribution in [2.45, 2.75) is 26.2 Å². The lowest BCUT2D eigenvalue weighted by molar-refractivity contribution is 0.134. The van der Waals surface area contributed by atoms with E-state index in [0.717, 1.165) is 41.5 Å². The van der Waals surface area contributed by atoms with Gasteiger partial charge in [0.05, 0.1) is 12.0 Å². The molecule has 1 fully saturated rings. The molecule has 0 atom stereocenters.